The molecule has 0 spiro atoms. The monoisotopic (exact) mass is 352 g/mol. The number of halogens is 1. The molecule has 0 radical (unpaired) electrons. The van der Waals surface area contributed by atoms with Crippen LogP contribution in [0.4, 0.5) is 4.39 Å². The van der Waals surface area contributed by atoms with Gasteiger partial charge in [0, 0.05) is 24.9 Å². The van der Waals surface area contributed by atoms with E-state index in [0.717, 1.165) is 5.56 Å². The molecule has 0 saturated carbocycles. The third-order valence-corrected chi connectivity index (χ3v) is 5.94. The highest BCUT2D eigenvalue weighted by Gasteiger charge is 2.38. The van der Waals surface area contributed by atoms with E-state index in [4.69, 9.17) is 4.42 Å². The maximum Gasteiger partial charge on any atom is 0.211 e. The summed E-state index contributed by atoms with van der Waals surface area (Å²) in [5.74, 6) is 1.04. The molecule has 0 amide bonds. The minimum atomic E-state index is -3.15. The number of hydrogen-bond acceptors (Lipinski definition) is 4. The highest BCUT2D eigenvalue weighted by molar-refractivity contribution is 7.88. The van der Waals surface area contributed by atoms with Gasteiger partial charge < -0.3 is 4.42 Å². The predicted molar refractivity (Wildman–Crippen MR) is 88.7 cm³/mol. The second-order valence-electron chi connectivity index (χ2n) is 6.66. The second-order valence-corrected chi connectivity index (χ2v) is 8.64. The van der Waals surface area contributed by atoms with Gasteiger partial charge in [-0.15, -0.1) is 0 Å². The fraction of sp³-hybridized carbons (Fsp3) is 0.471. The van der Waals surface area contributed by atoms with E-state index in [1.807, 2.05) is 13.0 Å². The summed E-state index contributed by atoms with van der Waals surface area (Å²) < 4.78 is 43.9. The standard InChI is InChI=1S/C17H21FN2O3S/c1-17(6-8-20(9-7-17)24(2,21)22)16-19-12-15(23-16)11-13-4-3-5-14(18)10-13/h3-5,10,12H,6-9,11H2,1-2H3. The molecule has 0 atom stereocenters. The van der Waals surface area contributed by atoms with Gasteiger partial charge in [-0.2, -0.15) is 0 Å². The van der Waals surface area contributed by atoms with Gasteiger partial charge in [0.1, 0.15) is 11.6 Å². The van der Waals surface area contributed by atoms with Crippen molar-refractivity contribution < 1.29 is 17.2 Å². The normalized spacial score (nSPS) is 18.6. The highest BCUT2D eigenvalue weighted by atomic mass is 32.2. The average molecular weight is 352 g/mol. The third kappa shape index (κ3) is 3.67. The van der Waals surface area contributed by atoms with Crippen molar-refractivity contribution in [1.29, 1.82) is 0 Å². The van der Waals surface area contributed by atoms with E-state index in [1.165, 1.54) is 22.7 Å². The van der Waals surface area contributed by atoms with E-state index < -0.39 is 10.0 Å². The molecule has 2 heterocycles. The maximum atomic E-state index is 13.3. The molecule has 2 aromatic rings. The van der Waals surface area contributed by atoms with E-state index >= 15 is 0 Å². The second kappa shape index (κ2) is 6.29. The van der Waals surface area contributed by atoms with Gasteiger partial charge in [0.15, 0.2) is 5.89 Å². The summed E-state index contributed by atoms with van der Waals surface area (Å²) in [5.41, 5.74) is 0.552. The lowest BCUT2D eigenvalue weighted by atomic mass is 9.81. The first-order chi connectivity index (χ1) is 11.3. The van der Waals surface area contributed by atoms with Crippen LogP contribution in [0.5, 0.6) is 0 Å². The van der Waals surface area contributed by atoms with Crippen LogP contribution in [0.2, 0.25) is 0 Å². The van der Waals surface area contributed by atoms with Crippen molar-refractivity contribution in [2.45, 2.75) is 31.6 Å². The lowest BCUT2D eigenvalue weighted by molar-refractivity contribution is 0.210. The van der Waals surface area contributed by atoms with Crippen molar-refractivity contribution in [2.24, 2.45) is 0 Å². The molecule has 3 rings (SSSR count). The van der Waals surface area contributed by atoms with Crippen molar-refractivity contribution in [3.8, 4) is 0 Å². The first-order valence-electron chi connectivity index (χ1n) is 7.91. The van der Waals surface area contributed by atoms with Crippen LogP contribution in [0.15, 0.2) is 34.9 Å². The van der Waals surface area contributed by atoms with Crippen LogP contribution in [-0.2, 0) is 21.9 Å². The van der Waals surface area contributed by atoms with E-state index in [1.54, 1.807) is 12.3 Å². The number of hydrogen-bond donors (Lipinski definition) is 0. The minimum Gasteiger partial charge on any atom is -0.445 e. The van der Waals surface area contributed by atoms with Crippen LogP contribution in [0.3, 0.4) is 0 Å². The Bertz CT molecular complexity index is 824. The van der Waals surface area contributed by atoms with E-state index in [9.17, 15) is 12.8 Å². The third-order valence-electron chi connectivity index (χ3n) is 4.63. The van der Waals surface area contributed by atoms with Crippen molar-refractivity contribution in [3.63, 3.8) is 0 Å². The zero-order valence-electron chi connectivity index (χ0n) is 13.8. The van der Waals surface area contributed by atoms with Gasteiger partial charge >= 0.3 is 0 Å². The van der Waals surface area contributed by atoms with E-state index in [2.05, 4.69) is 4.98 Å². The summed E-state index contributed by atoms with van der Waals surface area (Å²) in [5, 5.41) is 0. The van der Waals surface area contributed by atoms with Crippen LogP contribution < -0.4 is 0 Å². The maximum absolute atomic E-state index is 13.3. The van der Waals surface area contributed by atoms with Crippen LogP contribution in [0.25, 0.3) is 0 Å². The molecule has 0 N–H and O–H groups in total. The first-order valence-corrected chi connectivity index (χ1v) is 9.76. The molecule has 0 unspecified atom stereocenters. The van der Waals surface area contributed by atoms with Crippen molar-refractivity contribution in [1.82, 2.24) is 9.29 Å². The van der Waals surface area contributed by atoms with Crippen molar-refractivity contribution >= 4 is 10.0 Å². The summed E-state index contributed by atoms with van der Waals surface area (Å²) in [6.07, 6.45) is 4.72. The Balaban J connectivity index is 1.71. The van der Waals surface area contributed by atoms with Crippen LogP contribution in [0.1, 0.15) is 37.0 Å². The summed E-state index contributed by atoms with van der Waals surface area (Å²) in [7, 11) is -3.15. The van der Waals surface area contributed by atoms with Gasteiger partial charge in [-0.05, 0) is 30.5 Å². The summed E-state index contributed by atoms with van der Waals surface area (Å²) >= 11 is 0. The SMILES string of the molecule is CC1(c2ncc(Cc3cccc(F)c3)o2)CCN(S(C)(=O)=O)CC1. The molecule has 130 valence electrons. The first kappa shape index (κ1) is 17.1. The van der Waals surface area contributed by atoms with Crippen LogP contribution in [0, 0.1) is 5.82 Å². The van der Waals surface area contributed by atoms with E-state index in [-0.39, 0.29) is 11.2 Å². The molecule has 1 aromatic heterocycles. The number of nitrogens with zero attached hydrogens (tertiary/aromatic N) is 2. The predicted octanol–water partition coefficient (Wildman–Crippen LogP) is 2.72. The summed E-state index contributed by atoms with van der Waals surface area (Å²) in [6, 6.07) is 6.40. The van der Waals surface area contributed by atoms with E-state index in [0.29, 0.717) is 44.0 Å². The van der Waals surface area contributed by atoms with Crippen molar-refractivity contribution in [2.75, 3.05) is 19.3 Å². The van der Waals surface area contributed by atoms with Gasteiger partial charge in [0.2, 0.25) is 10.0 Å². The molecule has 1 fully saturated rings. The van der Waals surface area contributed by atoms with Gasteiger partial charge in [0.25, 0.3) is 0 Å². The Morgan fingerprint density at radius 2 is 2.04 bits per heavy atom. The van der Waals surface area contributed by atoms with Crippen LogP contribution >= 0.6 is 0 Å². The topological polar surface area (TPSA) is 63.4 Å². The zero-order valence-corrected chi connectivity index (χ0v) is 14.6. The Morgan fingerprint density at radius 1 is 1.33 bits per heavy atom. The van der Waals surface area contributed by atoms with Crippen molar-refractivity contribution in [3.05, 3.63) is 53.5 Å². The Morgan fingerprint density at radius 3 is 2.67 bits per heavy atom. The highest BCUT2D eigenvalue weighted by Crippen LogP contribution is 2.35. The number of benzene rings is 1. The molecule has 1 saturated heterocycles. The zero-order chi connectivity index (χ0) is 17.4. The number of aromatic nitrogens is 1. The Labute approximate surface area is 141 Å². The quantitative estimate of drug-likeness (QED) is 0.849. The van der Waals surface area contributed by atoms with Gasteiger partial charge in [-0.1, -0.05) is 19.1 Å². The molecule has 0 aliphatic carbocycles. The number of piperidine rings is 1. The molecular weight excluding hydrogens is 331 g/mol. The summed E-state index contributed by atoms with van der Waals surface area (Å²) in [6.45, 7) is 2.98. The molecule has 1 aliphatic rings. The molecule has 1 aliphatic heterocycles. The molecule has 24 heavy (non-hydrogen) atoms. The Kier molecular flexibility index (Phi) is 4.48. The number of oxazole rings is 1. The smallest absolute Gasteiger partial charge is 0.211 e. The lowest BCUT2D eigenvalue weighted by Gasteiger charge is -2.35. The minimum absolute atomic E-state index is 0.271. The lowest BCUT2D eigenvalue weighted by Crippen LogP contribution is -2.43. The molecule has 7 heteroatoms. The van der Waals surface area contributed by atoms with Crippen LogP contribution in [-0.4, -0.2) is 37.1 Å². The number of sulfonamides is 1. The largest absolute Gasteiger partial charge is 0.445 e. The van der Waals surface area contributed by atoms with Gasteiger partial charge in [0.05, 0.1) is 12.5 Å². The fourth-order valence-electron chi connectivity index (χ4n) is 3.04. The number of rotatable bonds is 4. The molecule has 0 bridgehead atoms. The molecule has 1 aromatic carbocycles. The van der Waals surface area contributed by atoms with Gasteiger partial charge in [-0.25, -0.2) is 22.1 Å². The van der Waals surface area contributed by atoms with Gasteiger partial charge in [-0.3, -0.25) is 0 Å². The Hall–Kier alpha value is -1.73. The molecular formula is C17H21FN2O3S. The average Bonchev–Trinajstić information content (AvgIpc) is 2.96. The molecule has 5 nitrogen and oxygen atoms in total. The fourth-order valence-corrected chi connectivity index (χ4v) is 3.89. The summed E-state index contributed by atoms with van der Waals surface area (Å²) in [4.78, 5) is 4.39.